The summed E-state index contributed by atoms with van der Waals surface area (Å²) in [4.78, 5) is 36.8. The van der Waals surface area contributed by atoms with Crippen molar-refractivity contribution in [3.63, 3.8) is 0 Å². The van der Waals surface area contributed by atoms with Gasteiger partial charge in [0.15, 0.2) is 17.5 Å². The number of methoxy groups -OCH3 is 1. The third kappa shape index (κ3) is 2.26. The highest BCUT2D eigenvalue weighted by molar-refractivity contribution is 6.36. The van der Waals surface area contributed by atoms with E-state index in [4.69, 9.17) is 4.74 Å². The van der Waals surface area contributed by atoms with E-state index in [0.29, 0.717) is 22.6 Å². The molecule has 0 spiro atoms. The number of hydrogen-bond donors (Lipinski definition) is 1. The van der Waals surface area contributed by atoms with E-state index in [9.17, 15) is 14.4 Å². The van der Waals surface area contributed by atoms with Crippen LogP contribution in [0.3, 0.4) is 0 Å². The van der Waals surface area contributed by atoms with Crippen LogP contribution in [0.15, 0.2) is 48.5 Å². The molecule has 0 atom stereocenters. The first-order valence-electron chi connectivity index (χ1n) is 6.74. The summed E-state index contributed by atoms with van der Waals surface area (Å²) in [5.74, 6) is -2.28. The lowest BCUT2D eigenvalue weighted by atomic mass is 10.0. The molecule has 5 heteroatoms. The molecular formula is C17H13NO4. The lowest BCUT2D eigenvalue weighted by Gasteiger charge is -2.09. The van der Waals surface area contributed by atoms with Crippen LogP contribution in [0.2, 0.25) is 0 Å². The first-order chi connectivity index (χ1) is 10.6. The van der Waals surface area contributed by atoms with Crippen molar-refractivity contribution in [2.24, 2.45) is 5.92 Å². The van der Waals surface area contributed by atoms with E-state index in [-0.39, 0.29) is 0 Å². The first kappa shape index (κ1) is 14.0. The van der Waals surface area contributed by atoms with Crippen molar-refractivity contribution >= 4 is 23.2 Å². The molecule has 1 aliphatic carbocycles. The second kappa shape index (κ2) is 5.44. The Morgan fingerprint density at radius 1 is 1.00 bits per heavy atom. The standard InChI is InChI=1S/C17H13NO4/c1-22-11-6-4-5-10(9-11)18-17(21)14-15(19)12-7-2-3-8-13(12)16(14)20/h2-9,14H,1H3,(H,18,21). The van der Waals surface area contributed by atoms with E-state index in [0.717, 1.165) is 0 Å². The zero-order valence-corrected chi connectivity index (χ0v) is 11.8. The quantitative estimate of drug-likeness (QED) is 0.882. The number of anilines is 1. The van der Waals surface area contributed by atoms with Crippen molar-refractivity contribution in [1.29, 1.82) is 0 Å². The maximum atomic E-state index is 12.3. The Morgan fingerprint density at radius 3 is 2.23 bits per heavy atom. The smallest absolute Gasteiger partial charge is 0.243 e. The minimum Gasteiger partial charge on any atom is -0.497 e. The van der Waals surface area contributed by atoms with Crippen molar-refractivity contribution in [2.45, 2.75) is 0 Å². The fourth-order valence-corrected chi connectivity index (χ4v) is 2.50. The van der Waals surface area contributed by atoms with Crippen LogP contribution in [0.1, 0.15) is 20.7 Å². The molecular weight excluding hydrogens is 282 g/mol. The number of Topliss-reactive ketones (excluding diaryl/α,β-unsaturated/α-hetero) is 2. The predicted octanol–water partition coefficient (Wildman–Crippen LogP) is 2.33. The van der Waals surface area contributed by atoms with Crippen LogP contribution in [0.4, 0.5) is 5.69 Å². The molecule has 0 heterocycles. The maximum absolute atomic E-state index is 12.3. The van der Waals surface area contributed by atoms with Crippen LogP contribution in [0.5, 0.6) is 5.75 Å². The number of hydrogen-bond acceptors (Lipinski definition) is 4. The minimum atomic E-state index is -1.32. The van der Waals surface area contributed by atoms with Crippen LogP contribution in [-0.4, -0.2) is 24.6 Å². The third-order valence-corrected chi connectivity index (χ3v) is 3.58. The Hall–Kier alpha value is -2.95. The van der Waals surface area contributed by atoms with Gasteiger partial charge in [0.05, 0.1) is 7.11 Å². The molecule has 0 saturated carbocycles. The van der Waals surface area contributed by atoms with Gasteiger partial charge in [0.1, 0.15) is 5.75 Å². The molecule has 0 aliphatic heterocycles. The lowest BCUT2D eigenvalue weighted by molar-refractivity contribution is -0.117. The number of nitrogens with one attached hydrogen (secondary N) is 1. The van der Waals surface area contributed by atoms with E-state index < -0.39 is 23.4 Å². The first-order valence-corrected chi connectivity index (χ1v) is 6.74. The molecule has 0 bridgehead atoms. The summed E-state index contributed by atoms with van der Waals surface area (Å²) >= 11 is 0. The van der Waals surface area contributed by atoms with Gasteiger partial charge in [-0.15, -0.1) is 0 Å². The van der Waals surface area contributed by atoms with Crippen molar-refractivity contribution in [3.05, 3.63) is 59.7 Å². The summed E-state index contributed by atoms with van der Waals surface area (Å²) in [5.41, 5.74) is 1.08. The lowest BCUT2D eigenvalue weighted by Crippen LogP contribution is -2.31. The van der Waals surface area contributed by atoms with Gasteiger partial charge in [-0.1, -0.05) is 30.3 Å². The summed E-state index contributed by atoms with van der Waals surface area (Å²) in [5, 5.41) is 2.59. The number of ether oxygens (including phenoxy) is 1. The Balaban J connectivity index is 1.85. The second-order valence-corrected chi connectivity index (χ2v) is 4.93. The number of rotatable bonds is 3. The number of benzene rings is 2. The number of amides is 1. The Morgan fingerprint density at radius 2 is 1.64 bits per heavy atom. The van der Waals surface area contributed by atoms with Crippen molar-refractivity contribution < 1.29 is 19.1 Å². The van der Waals surface area contributed by atoms with E-state index in [1.165, 1.54) is 7.11 Å². The molecule has 0 radical (unpaired) electrons. The largest absolute Gasteiger partial charge is 0.497 e. The molecule has 1 aliphatic rings. The van der Waals surface area contributed by atoms with Crippen LogP contribution < -0.4 is 10.1 Å². The molecule has 0 fully saturated rings. The number of fused-ring (bicyclic) bond motifs is 1. The highest BCUT2D eigenvalue weighted by atomic mass is 16.5. The normalized spacial score (nSPS) is 13.9. The molecule has 0 unspecified atom stereocenters. The van der Waals surface area contributed by atoms with Gasteiger partial charge < -0.3 is 10.1 Å². The topological polar surface area (TPSA) is 72.5 Å². The van der Waals surface area contributed by atoms with Gasteiger partial charge in [0.25, 0.3) is 0 Å². The molecule has 5 nitrogen and oxygen atoms in total. The zero-order chi connectivity index (χ0) is 15.7. The van der Waals surface area contributed by atoms with Gasteiger partial charge in [-0.05, 0) is 12.1 Å². The van der Waals surface area contributed by atoms with E-state index in [1.54, 1.807) is 48.5 Å². The van der Waals surface area contributed by atoms with E-state index >= 15 is 0 Å². The highest BCUT2D eigenvalue weighted by Gasteiger charge is 2.43. The Labute approximate surface area is 126 Å². The molecule has 22 heavy (non-hydrogen) atoms. The van der Waals surface area contributed by atoms with Crippen molar-refractivity contribution in [1.82, 2.24) is 0 Å². The summed E-state index contributed by atoms with van der Waals surface area (Å²) in [6, 6.07) is 13.2. The second-order valence-electron chi connectivity index (χ2n) is 4.93. The monoisotopic (exact) mass is 295 g/mol. The van der Waals surface area contributed by atoms with Gasteiger partial charge in [-0.3, -0.25) is 14.4 Å². The van der Waals surface area contributed by atoms with Crippen molar-refractivity contribution in [3.8, 4) is 5.75 Å². The van der Waals surface area contributed by atoms with E-state index in [2.05, 4.69) is 5.32 Å². The molecule has 1 amide bonds. The van der Waals surface area contributed by atoms with Crippen LogP contribution in [0, 0.1) is 5.92 Å². The predicted molar refractivity (Wildman–Crippen MR) is 80.2 cm³/mol. The van der Waals surface area contributed by atoms with Gasteiger partial charge in [0, 0.05) is 22.9 Å². The SMILES string of the molecule is COc1cccc(NC(=O)C2C(=O)c3ccccc3C2=O)c1. The fraction of sp³-hybridized carbons (Fsp3) is 0.118. The Kier molecular flexibility index (Phi) is 3.47. The number of ketones is 2. The number of carbonyl (C=O) groups is 3. The third-order valence-electron chi connectivity index (χ3n) is 3.58. The molecule has 2 aromatic carbocycles. The van der Waals surface area contributed by atoms with Gasteiger partial charge >= 0.3 is 0 Å². The van der Waals surface area contributed by atoms with Gasteiger partial charge in [-0.25, -0.2) is 0 Å². The Bertz CT molecular complexity index is 747. The van der Waals surface area contributed by atoms with Gasteiger partial charge in [0.2, 0.25) is 5.91 Å². The summed E-state index contributed by atoms with van der Waals surface area (Å²) in [7, 11) is 1.52. The van der Waals surface area contributed by atoms with Crippen molar-refractivity contribution in [2.75, 3.05) is 12.4 Å². The fourth-order valence-electron chi connectivity index (χ4n) is 2.50. The summed E-state index contributed by atoms with van der Waals surface area (Å²) in [6.45, 7) is 0. The summed E-state index contributed by atoms with van der Waals surface area (Å²) < 4.78 is 5.07. The molecule has 3 rings (SSSR count). The molecule has 0 saturated heterocycles. The average molecular weight is 295 g/mol. The minimum absolute atomic E-state index is 0.304. The maximum Gasteiger partial charge on any atom is 0.243 e. The zero-order valence-electron chi connectivity index (χ0n) is 11.8. The van der Waals surface area contributed by atoms with Crippen LogP contribution >= 0.6 is 0 Å². The van der Waals surface area contributed by atoms with Gasteiger partial charge in [-0.2, -0.15) is 0 Å². The highest BCUT2D eigenvalue weighted by Crippen LogP contribution is 2.28. The molecule has 110 valence electrons. The molecule has 2 aromatic rings. The van der Waals surface area contributed by atoms with E-state index in [1.807, 2.05) is 0 Å². The average Bonchev–Trinajstić information content (AvgIpc) is 2.79. The van der Waals surface area contributed by atoms with Crippen LogP contribution in [0.25, 0.3) is 0 Å². The number of carbonyl (C=O) groups excluding carboxylic acids is 3. The summed E-state index contributed by atoms with van der Waals surface area (Å²) in [6.07, 6.45) is 0. The molecule has 0 aromatic heterocycles. The molecule has 1 N–H and O–H groups in total. The van der Waals surface area contributed by atoms with Crippen LogP contribution in [-0.2, 0) is 4.79 Å².